The summed E-state index contributed by atoms with van der Waals surface area (Å²) in [6.45, 7) is 0. The second-order valence-corrected chi connectivity index (χ2v) is 13.6. The van der Waals surface area contributed by atoms with Crippen molar-refractivity contribution >= 4 is 81.8 Å². The van der Waals surface area contributed by atoms with Gasteiger partial charge in [-0.3, -0.25) is 0 Å². The van der Waals surface area contributed by atoms with E-state index in [0.29, 0.717) is 5.92 Å². The Balaban J connectivity index is 1.23. The summed E-state index contributed by atoms with van der Waals surface area (Å²) < 4.78 is 8.74. The molecule has 11 rings (SSSR count). The van der Waals surface area contributed by atoms with Gasteiger partial charge in [0.05, 0.1) is 11.0 Å². The second kappa shape index (κ2) is 10.6. The molecule has 1 atom stereocenters. The average Bonchev–Trinajstić information content (AvgIpc) is 3.74. The number of fused-ring (bicyclic) bond motifs is 13. The summed E-state index contributed by atoms with van der Waals surface area (Å²) in [5, 5.41) is 12.5. The van der Waals surface area contributed by atoms with Gasteiger partial charge in [0.1, 0.15) is 11.2 Å². The molecule has 1 aliphatic carbocycles. The fourth-order valence-corrected chi connectivity index (χ4v) is 8.65. The van der Waals surface area contributed by atoms with E-state index in [1.807, 2.05) is 6.07 Å². The highest BCUT2D eigenvalue weighted by Crippen LogP contribution is 2.47. The number of allylic oxidation sites excluding steroid dienone is 4. The Labute approximate surface area is 288 Å². The Morgan fingerprint density at radius 1 is 0.500 bits per heavy atom. The van der Waals surface area contributed by atoms with E-state index in [2.05, 4.69) is 168 Å². The quantitative estimate of drug-likeness (QED) is 0.176. The first-order valence-electron chi connectivity index (χ1n) is 17.5. The average molecular weight is 638 g/mol. The van der Waals surface area contributed by atoms with Crippen molar-refractivity contribution in [2.45, 2.75) is 12.3 Å². The minimum atomic E-state index is 0.382. The number of hydrogen-bond donors (Lipinski definition) is 0. The summed E-state index contributed by atoms with van der Waals surface area (Å²) in [7, 11) is 0. The third kappa shape index (κ3) is 3.90. The van der Waals surface area contributed by atoms with Crippen molar-refractivity contribution in [1.29, 1.82) is 0 Å². The minimum absolute atomic E-state index is 0.382. The Morgan fingerprint density at radius 3 is 2.00 bits per heavy atom. The zero-order chi connectivity index (χ0) is 32.8. The zero-order valence-corrected chi connectivity index (χ0v) is 27.3. The number of hydrogen-bond acceptors (Lipinski definition) is 1. The number of benzene rings is 8. The van der Waals surface area contributed by atoms with Crippen LogP contribution in [0.25, 0.3) is 92.9 Å². The van der Waals surface area contributed by atoms with E-state index in [4.69, 9.17) is 4.42 Å². The van der Waals surface area contributed by atoms with E-state index in [1.165, 1.54) is 76.5 Å². The van der Waals surface area contributed by atoms with Crippen LogP contribution in [-0.4, -0.2) is 4.57 Å². The SMILES string of the molecule is C1=CC(c2ccccc2)CC=C1n1c2ccccc2c2c3c4ccccc4c(-c4ccc5oc6ccccc6c5c4)cc3c3ccccc3c21. The first-order valence-corrected chi connectivity index (χ1v) is 17.5. The Hall–Kier alpha value is -6.38. The van der Waals surface area contributed by atoms with Crippen LogP contribution in [0.4, 0.5) is 0 Å². The summed E-state index contributed by atoms with van der Waals surface area (Å²) in [6, 6.07) is 55.2. The van der Waals surface area contributed by atoms with Crippen LogP contribution in [0.5, 0.6) is 0 Å². The molecular formula is C48H31NO. The van der Waals surface area contributed by atoms with Crippen molar-refractivity contribution in [2.75, 3.05) is 0 Å². The van der Waals surface area contributed by atoms with Gasteiger partial charge < -0.3 is 8.98 Å². The first kappa shape index (κ1) is 27.6. The maximum atomic E-state index is 6.22. The van der Waals surface area contributed by atoms with E-state index >= 15 is 0 Å². The molecule has 1 unspecified atom stereocenters. The van der Waals surface area contributed by atoms with Crippen LogP contribution in [0, 0.1) is 0 Å². The fraction of sp³-hybridized carbons (Fsp3) is 0.0417. The molecule has 1 aliphatic rings. The lowest BCUT2D eigenvalue weighted by molar-refractivity contribution is 0.669. The van der Waals surface area contributed by atoms with Gasteiger partial charge in [-0.25, -0.2) is 0 Å². The van der Waals surface area contributed by atoms with E-state index < -0.39 is 0 Å². The predicted octanol–water partition coefficient (Wildman–Crippen LogP) is 13.4. The van der Waals surface area contributed by atoms with Crippen LogP contribution < -0.4 is 0 Å². The normalized spacial score (nSPS) is 15.0. The lowest BCUT2D eigenvalue weighted by Gasteiger charge is -2.20. The van der Waals surface area contributed by atoms with E-state index in [0.717, 1.165) is 28.4 Å². The van der Waals surface area contributed by atoms with Gasteiger partial charge in [-0.2, -0.15) is 0 Å². The predicted molar refractivity (Wildman–Crippen MR) is 212 cm³/mol. The third-order valence-corrected chi connectivity index (χ3v) is 10.9. The molecule has 2 heteroatoms. The first-order chi connectivity index (χ1) is 24.8. The van der Waals surface area contributed by atoms with Gasteiger partial charge in [0, 0.05) is 43.9 Å². The Bertz CT molecular complexity index is 3060. The largest absolute Gasteiger partial charge is 0.456 e. The molecule has 0 saturated heterocycles. The monoisotopic (exact) mass is 637 g/mol. The molecule has 8 aromatic carbocycles. The van der Waals surface area contributed by atoms with Crippen molar-refractivity contribution in [2.24, 2.45) is 0 Å². The second-order valence-electron chi connectivity index (χ2n) is 13.6. The number of furan rings is 1. The highest BCUT2D eigenvalue weighted by atomic mass is 16.3. The number of aromatic nitrogens is 1. The van der Waals surface area contributed by atoms with Gasteiger partial charge in [0.15, 0.2) is 0 Å². The maximum Gasteiger partial charge on any atom is 0.135 e. The lowest BCUT2D eigenvalue weighted by atomic mass is 9.88. The molecule has 0 spiro atoms. The molecule has 234 valence electrons. The summed E-state index contributed by atoms with van der Waals surface area (Å²) in [5.41, 5.74) is 9.37. The molecule has 10 aromatic rings. The van der Waals surface area contributed by atoms with Gasteiger partial charge >= 0.3 is 0 Å². The Morgan fingerprint density at radius 2 is 1.18 bits per heavy atom. The number of nitrogens with zero attached hydrogens (tertiary/aromatic N) is 1. The highest BCUT2D eigenvalue weighted by Gasteiger charge is 2.23. The van der Waals surface area contributed by atoms with Crippen molar-refractivity contribution in [3.63, 3.8) is 0 Å². The molecule has 0 N–H and O–H groups in total. The van der Waals surface area contributed by atoms with Crippen molar-refractivity contribution in [3.8, 4) is 11.1 Å². The standard InChI is InChI=1S/C48H31NO/c1-2-12-30(13-3-1)31-22-25-33(26-23-31)49-43-20-10-8-19-39(43)47-46-37-17-6-4-14-34(37)40(29-42(46)35-15-5-7-18-38(35)48(47)49)32-24-27-45-41(28-32)36-16-9-11-21-44(36)50-45/h1-22,24-29,31H,23H2. The van der Waals surface area contributed by atoms with Crippen LogP contribution in [0.15, 0.2) is 174 Å². The summed E-state index contributed by atoms with van der Waals surface area (Å²) in [6.07, 6.45) is 8.12. The van der Waals surface area contributed by atoms with Gasteiger partial charge in [-0.15, -0.1) is 0 Å². The minimum Gasteiger partial charge on any atom is -0.456 e. The number of para-hydroxylation sites is 2. The molecule has 50 heavy (non-hydrogen) atoms. The Kier molecular flexibility index (Phi) is 5.82. The molecule has 2 heterocycles. The van der Waals surface area contributed by atoms with E-state index in [1.54, 1.807) is 0 Å². The van der Waals surface area contributed by atoms with Gasteiger partial charge in [0.2, 0.25) is 0 Å². The smallest absolute Gasteiger partial charge is 0.135 e. The molecule has 0 fully saturated rings. The van der Waals surface area contributed by atoms with Crippen LogP contribution in [0.3, 0.4) is 0 Å². The molecule has 0 amide bonds. The summed E-state index contributed by atoms with van der Waals surface area (Å²) in [4.78, 5) is 0. The lowest BCUT2D eigenvalue weighted by Crippen LogP contribution is -2.03. The maximum absolute atomic E-state index is 6.22. The van der Waals surface area contributed by atoms with Crippen LogP contribution in [0.2, 0.25) is 0 Å². The number of rotatable bonds is 3. The highest BCUT2D eigenvalue weighted by molar-refractivity contribution is 6.38. The van der Waals surface area contributed by atoms with Crippen LogP contribution >= 0.6 is 0 Å². The van der Waals surface area contributed by atoms with Crippen molar-refractivity contribution in [3.05, 3.63) is 175 Å². The van der Waals surface area contributed by atoms with Gasteiger partial charge in [0.25, 0.3) is 0 Å². The topological polar surface area (TPSA) is 18.1 Å². The van der Waals surface area contributed by atoms with E-state index in [-0.39, 0.29) is 0 Å². The summed E-state index contributed by atoms with van der Waals surface area (Å²) in [5.74, 6) is 0.382. The van der Waals surface area contributed by atoms with Crippen molar-refractivity contribution in [1.82, 2.24) is 4.57 Å². The molecule has 2 aromatic heterocycles. The van der Waals surface area contributed by atoms with Gasteiger partial charge in [-0.1, -0.05) is 133 Å². The van der Waals surface area contributed by atoms with Crippen LogP contribution in [0.1, 0.15) is 17.9 Å². The molecule has 0 radical (unpaired) electrons. The fourth-order valence-electron chi connectivity index (χ4n) is 8.65. The zero-order valence-electron chi connectivity index (χ0n) is 27.3. The van der Waals surface area contributed by atoms with E-state index in [9.17, 15) is 0 Å². The van der Waals surface area contributed by atoms with Gasteiger partial charge in [-0.05, 0) is 81.1 Å². The molecular weight excluding hydrogens is 607 g/mol. The third-order valence-electron chi connectivity index (χ3n) is 10.9. The summed E-state index contributed by atoms with van der Waals surface area (Å²) >= 11 is 0. The molecule has 0 saturated carbocycles. The molecule has 2 nitrogen and oxygen atoms in total. The van der Waals surface area contributed by atoms with Crippen molar-refractivity contribution < 1.29 is 4.42 Å². The molecule has 0 aliphatic heterocycles. The van der Waals surface area contributed by atoms with Crippen LogP contribution in [-0.2, 0) is 0 Å². The molecule has 0 bridgehead atoms.